The van der Waals surface area contributed by atoms with Gasteiger partial charge < -0.3 is 9.64 Å². The molecule has 0 N–H and O–H groups in total. The maximum Gasteiger partial charge on any atom is 0.219 e. The quantitative estimate of drug-likeness (QED) is 0.388. The highest BCUT2D eigenvalue weighted by molar-refractivity contribution is 6.43. The van der Waals surface area contributed by atoms with E-state index in [1.165, 1.54) is 0 Å². The summed E-state index contributed by atoms with van der Waals surface area (Å²) in [6.45, 7) is 6.07. The number of amides is 1. The summed E-state index contributed by atoms with van der Waals surface area (Å²) in [5.41, 5.74) is 4.20. The van der Waals surface area contributed by atoms with E-state index in [0.717, 1.165) is 55.8 Å². The Balaban J connectivity index is 1.36. The maximum absolute atomic E-state index is 11.7. The van der Waals surface area contributed by atoms with Crippen LogP contribution in [0.15, 0.2) is 42.6 Å². The van der Waals surface area contributed by atoms with Gasteiger partial charge in [0.2, 0.25) is 11.8 Å². The molecule has 182 valence electrons. The van der Waals surface area contributed by atoms with Crippen molar-refractivity contribution in [3.05, 3.63) is 63.4 Å². The molecule has 5 rings (SSSR count). The van der Waals surface area contributed by atoms with Gasteiger partial charge >= 0.3 is 0 Å². The lowest BCUT2D eigenvalue weighted by atomic mass is 9.79. The Kier molecular flexibility index (Phi) is 6.66. The summed E-state index contributed by atoms with van der Waals surface area (Å²) in [7, 11) is 1.63. The van der Waals surface area contributed by atoms with Crippen LogP contribution in [0, 0.1) is 5.41 Å². The number of likely N-dealkylation sites (tertiary alicyclic amines) is 2. The molecular weight excluding hydrogens is 507 g/mol. The Morgan fingerprint density at radius 1 is 1.03 bits per heavy atom. The molecule has 2 aromatic heterocycles. The van der Waals surface area contributed by atoms with E-state index in [0.29, 0.717) is 27.2 Å². The third-order valence-electron chi connectivity index (χ3n) is 6.94. The number of carbonyl (C=O) groups is 1. The molecule has 0 aliphatic carbocycles. The number of hydrogen-bond donors (Lipinski definition) is 0. The third kappa shape index (κ3) is 4.60. The van der Waals surface area contributed by atoms with Crippen LogP contribution in [-0.2, 0) is 11.3 Å². The fourth-order valence-corrected chi connectivity index (χ4v) is 5.89. The highest BCUT2D eigenvalue weighted by Crippen LogP contribution is 2.42. The van der Waals surface area contributed by atoms with Crippen LogP contribution in [0.25, 0.3) is 22.4 Å². The van der Waals surface area contributed by atoms with Gasteiger partial charge in [0.25, 0.3) is 0 Å². The van der Waals surface area contributed by atoms with E-state index >= 15 is 0 Å². The van der Waals surface area contributed by atoms with E-state index in [9.17, 15) is 4.79 Å². The largest absolute Gasteiger partial charge is 0.481 e. The molecule has 1 aromatic carbocycles. The number of carbonyl (C=O) groups excluding carboxylic acids is 1. The molecule has 3 aromatic rings. The van der Waals surface area contributed by atoms with Gasteiger partial charge in [-0.1, -0.05) is 59.1 Å². The Labute approximate surface area is 219 Å². The fourth-order valence-electron chi connectivity index (χ4n) is 5.20. The number of nitrogens with zero attached hydrogens (tertiary/aromatic N) is 4. The number of benzene rings is 1. The summed E-state index contributed by atoms with van der Waals surface area (Å²) < 4.78 is 5.65. The van der Waals surface area contributed by atoms with Crippen LogP contribution in [0.4, 0.5) is 0 Å². The van der Waals surface area contributed by atoms with Crippen molar-refractivity contribution in [2.24, 2.45) is 5.41 Å². The average Bonchev–Trinajstić information content (AvgIpc) is 3.27. The van der Waals surface area contributed by atoms with Crippen molar-refractivity contribution in [1.29, 1.82) is 0 Å². The second-order valence-electron chi connectivity index (χ2n) is 9.33. The molecule has 0 unspecified atom stereocenters. The predicted molar refractivity (Wildman–Crippen MR) is 139 cm³/mol. The first kappa shape index (κ1) is 24.3. The standard InChI is InChI=1S/C26H25Cl3N4O2/c1-16(34)33-11-9-26(15-33)13-32(14-26)12-17-6-7-21(31-25(17)35-2)20-5-3-4-18(22(20)27)19-8-10-30-24(29)23(19)28/h3-8,10H,9,11-15H2,1-2H3. The first-order valence-electron chi connectivity index (χ1n) is 11.4. The minimum absolute atomic E-state index is 0.166. The molecule has 4 heterocycles. The highest BCUT2D eigenvalue weighted by atomic mass is 35.5. The predicted octanol–water partition coefficient (Wildman–Crippen LogP) is 5.83. The number of ether oxygens (including phenoxy) is 1. The average molecular weight is 532 g/mol. The smallest absolute Gasteiger partial charge is 0.219 e. The topological polar surface area (TPSA) is 58.6 Å². The lowest BCUT2D eigenvalue weighted by Gasteiger charge is -2.48. The monoisotopic (exact) mass is 530 g/mol. The molecule has 0 atom stereocenters. The van der Waals surface area contributed by atoms with Gasteiger partial charge in [-0.3, -0.25) is 9.69 Å². The van der Waals surface area contributed by atoms with Crippen molar-refractivity contribution in [3.8, 4) is 28.3 Å². The third-order valence-corrected chi connectivity index (χ3v) is 8.11. The Morgan fingerprint density at radius 3 is 2.49 bits per heavy atom. The Bertz CT molecular complexity index is 1290. The number of pyridine rings is 2. The lowest BCUT2D eigenvalue weighted by molar-refractivity contribution is -0.128. The van der Waals surface area contributed by atoms with Crippen molar-refractivity contribution in [3.63, 3.8) is 0 Å². The summed E-state index contributed by atoms with van der Waals surface area (Å²) in [6.07, 6.45) is 2.67. The molecule has 2 saturated heterocycles. The van der Waals surface area contributed by atoms with Gasteiger partial charge in [0.1, 0.15) is 5.15 Å². The molecule has 2 aliphatic heterocycles. The van der Waals surface area contributed by atoms with Crippen LogP contribution in [-0.4, -0.2) is 59.0 Å². The van der Waals surface area contributed by atoms with Crippen molar-refractivity contribution < 1.29 is 9.53 Å². The second-order valence-corrected chi connectivity index (χ2v) is 10.4. The SMILES string of the molecule is COc1nc(-c2cccc(-c3ccnc(Cl)c3Cl)c2Cl)ccc1CN1CC2(CCN(C(C)=O)C2)C1. The molecule has 1 spiro atoms. The first-order chi connectivity index (χ1) is 16.8. The van der Waals surface area contributed by atoms with E-state index in [1.807, 2.05) is 35.2 Å². The van der Waals surface area contributed by atoms with E-state index in [4.69, 9.17) is 44.5 Å². The van der Waals surface area contributed by atoms with Crippen LogP contribution in [0.2, 0.25) is 15.2 Å². The molecule has 2 fully saturated rings. The number of hydrogen-bond acceptors (Lipinski definition) is 5. The van der Waals surface area contributed by atoms with Crippen molar-refractivity contribution in [2.45, 2.75) is 19.9 Å². The number of aromatic nitrogens is 2. The van der Waals surface area contributed by atoms with E-state index < -0.39 is 0 Å². The highest BCUT2D eigenvalue weighted by Gasteiger charge is 2.48. The summed E-state index contributed by atoms with van der Waals surface area (Å²) in [6, 6.07) is 11.5. The molecule has 0 radical (unpaired) electrons. The van der Waals surface area contributed by atoms with Gasteiger partial charge in [0.05, 0.1) is 22.8 Å². The summed E-state index contributed by atoms with van der Waals surface area (Å²) in [5.74, 6) is 0.741. The lowest BCUT2D eigenvalue weighted by Crippen LogP contribution is -2.57. The fraction of sp³-hybridized carbons (Fsp3) is 0.346. The van der Waals surface area contributed by atoms with Crippen LogP contribution >= 0.6 is 34.8 Å². The zero-order valence-corrected chi connectivity index (χ0v) is 21.8. The molecule has 0 saturated carbocycles. The second kappa shape index (κ2) is 9.58. The van der Waals surface area contributed by atoms with Crippen LogP contribution in [0.5, 0.6) is 5.88 Å². The molecule has 35 heavy (non-hydrogen) atoms. The van der Waals surface area contributed by atoms with E-state index in [-0.39, 0.29) is 16.5 Å². The first-order valence-corrected chi connectivity index (χ1v) is 12.5. The number of halogens is 3. The zero-order chi connectivity index (χ0) is 24.7. The Hall–Kier alpha value is -2.38. The van der Waals surface area contributed by atoms with E-state index in [2.05, 4.69) is 9.88 Å². The minimum Gasteiger partial charge on any atom is -0.481 e. The van der Waals surface area contributed by atoms with Gasteiger partial charge in [-0.25, -0.2) is 9.97 Å². The van der Waals surface area contributed by atoms with Gasteiger partial charge in [-0.15, -0.1) is 0 Å². The zero-order valence-electron chi connectivity index (χ0n) is 19.5. The van der Waals surface area contributed by atoms with E-state index in [1.54, 1.807) is 26.3 Å². The molecule has 1 amide bonds. The van der Waals surface area contributed by atoms with Crippen LogP contribution in [0.1, 0.15) is 18.9 Å². The molecule has 6 nitrogen and oxygen atoms in total. The van der Waals surface area contributed by atoms with Crippen molar-refractivity contribution in [2.75, 3.05) is 33.3 Å². The number of rotatable bonds is 5. The maximum atomic E-state index is 11.7. The summed E-state index contributed by atoms with van der Waals surface area (Å²) >= 11 is 19.3. The molecule has 0 bridgehead atoms. The number of methoxy groups -OCH3 is 1. The summed E-state index contributed by atoms with van der Waals surface area (Å²) in [4.78, 5) is 24.8. The van der Waals surface area contributed by atoms with Crippen molar-refractivity contribution in [1.82, 2.24) is 19.8 Å². The van der Waals surface area contributed by atoms with Gasteiger partial charge in [0.15, 0.2) is 0 Å². The van der Waals surface area contributed by atoms with Crippen molar-refractivity contribution >= 4 is 40.7 Å². The molecule has 2 aliphatic rings. The summed E-state index contributed by atoms with van der Waals surface area (Å²) in [5, 5.41) is 1.11. The van der Waals surface area contributed by atoms with Crippen LogP contribution in [0.3, 0.4) is 0 Å². The minimum atomic E-state index is 0.166. The normalized spacial score (nSPS) is 17.0. The molecule has 9 heteroatoms. The Morgan fingerprint density at radius 2 is 1.77 bits per heavy atom. The van der Waals surface area contributed by atoms with Gasteiger partial charge in [0, 0.05) is 73.5 Å². The van der Waals surface area contributed by atoms with Gasteiger partial charge in [-0.2, -0.15) is 0 Å². The van der Waals surface area contributed by atoms with Gasteiger partial charge in [-0.05, 0) is 18.6 Å². The molecular formula is C26H25Cl3N4O2. The van der Waals surface area contributed by atoms with Crippen LogP contribution < -0.4 is 4.74 Å².